The lowest BCUT2D eigenvalue weighted by Gasteiger charge is -2.26. The smallest absolute Gasteiger partial charge is 0.243 e. The Balaban J connectivity index is 3.28. The molecule has 1 rings (SSSR count). The monoisotopic (exact) mass is 785 g/mol. The summed E-state index contributed by atoms with van der Waals surface area (Å²) in [5, 5.41) is 43.4. The lowest BCUT2D eigenvalue weighted by atomic mass is 10.0. The van der Waals surface area contributed by atoms with E-state index < -0.39 is 91.3 Å². The first-order chi connectivity index (χ1) is 25.8. The zero-order valence-electron chi connectivity index (χ0n) is 30.3. The number of nitrogens with one attached hydrogen (secondary N) is 9. The Morgan fingerprint density at radius 3 is 1.94 bits per heavy atom. The maximum atomic E-state index is 13.8. The summed E-state index contributed by atoms with van der Waals surface area (Å²) in [6.07, 6.45) is 5.80. The fraction of sp³-hybridized carbons (Fsp3) is 0.645. The summed E-state index contributed by atoms with van der Waals surface area (Å²) >= 11 is 1.43. The number of hydrogen-bond donors (Lipinski definition) is 14. The second kappa shape index (κ2) is 26.7. The van der Waals surface area contributed by atoms with Crippen molar-refractivity contribution in [1.82, 2.24) is 47.2 Å². The van der Waals surface area contributed by atoms with Gasteiger partial charge < -0.3 is 69.6 Å². The highest BCUT2D eigenvalue weighted by molar-refractivity contribution is 7.98. The topological polar surface area (TPSA) is 375 Å². The molecule has 0 unspecified atom stereocenters. The number of primary amides is 1. The standard InChI is InChI=1S/C31H55N13O9S/c1-54-12-8-21(40-24(47)7-11-45)29(52)43-20(6-4-10-37-31(34)35)28(51)44-22(13-18-14-36-17-39-18)30(53)42-19(5-2-3-9-32)27(50)38-15-25(48)41-23(16-46)26(33)49/h14,17,19-23,45-46H,2-13,15-16,32H2,1H3,(H2,33,49)(H,36,39)(H,38,50)(H,40,47)(H,41,48)(H,42,53)(H,43,52)(H,44,51)(H4,34,35,37)/t19-,20-,21-,22-,23-/m0/s1. The van der Waals surface area contributed by atoms with Crippen molar-refractivity contribution in [3.8, 4) is 0 Å². The number of carbonyl (C=O) groups excluding carboxylic acids is 7. The van der Waals surface area contributed by atoms with Gasteiger partial charge in [0, 0.05) is 25.6 Å². The van der Waals surface area contributed by atoms with E-state index in [0.717, 1.165) is 0 Å². The molecule has 1 aromatic heterocycles. The molecule has 0 fully saturated rings. The highest BCUT2D eigenvalue weighted by Gasteiger charge is 2.32. The van der Waals surface area contributed by atoms with Crippen molar-refractivity contribution >= 4 is 59.1 Å². The van der Waals surface area contributed by atoms with Crippen LogP contribution in [0.2, 0.25) is 0 Å². The number of thioether (sulfide) groups is 1. The van der Waals surface area contributed by atoms with Gasteiger partial charge in [0.25, 0.3) is 0 Å². The number of amides is 7. The molecular weight excluding hydrogens is 730 g/mol. The number of aromatic amines is 1. The fourth-order valence-corrected chi connectivity index (χ4v) is 5.28. The van der Waals surface area contributed by atoms with Gasteiger partial charge in [0.05, 0.1) is 31.8 Å². The Bertz CT molecular complexity index is 1370. The third-order valence-corrected chi connectivity index (χ3v) is 8.33. The number of unbranched alkanes of at least 4 members (excludes halogenated alkanes) is 1. The molecule has 1 aromatic rings. The van der Waals surface area contributed by atoms with Crippen LogP contribution in [-0.2, 0) is 40.0 Å². The van der Waals surface area contributed by atoms with Gasteiger partial charge in [-0.2, -0.15) is 11.8 Å². The second-order valence-corrected chi connectivity index (χ2v) is 13.0. The predicted molar refractivity (Wildman–Crippen MR) is 198 cm³/mol. The Morgan fingerprint density at radius 1 is 0.796 bits per heavy atom. The summed E-state index contributed by atoms with van der Waals surface area (Å²) in [6, 6.07) is -6.18. The molecule has 304 valence electrons. The molecule has 0 saturated heterocycles. The molecule has 22 nitrogen and oxygen atoms in total. The molecule has 54 heavy (non-hydrogen) atoms. The van der Waals surface area contributed by atoms with Crippen molar-refractivity contribution < 1.29 is 43.8 Å². The minimum absolute atomic E-state index is 0.0213. The normalized spacial score (nSPS) is 13.6. The summed E-state index contributed by atoms with van der Waals surface area (Å²) in [6.45, 7) is -1.32. The zero-order valence-corrected chi connectivity index (χ0v) is 31.1. The number of aromatic nitrogens is 2. The van der Waals surface area contributed by atoms with Crippen molar-refractivity contribution in [3.05, 3.63) is 18.2 Å². The van der Waals surface area contributed by atoms with E-state index in [1.54, 1.807) is 0 Å². The van der Waals surface area contributed by atoms with E-state index >= 15 is 0 Å². The minimum Gasteiger partial charge on any atom is -0.396 e. The first-order valence-electron chi connectivity index (χ1n) is 17.3. The third kappa shape index (κ3) is 19.2. The molecule has 23 heteroatoms. The van der Waals surface area contributed by atoms with Gasteiger partial charge >= 0.3 is 0 Å². The number of nitrogens with zero attached hydrogens (tertiary/aromatic N) is 1. The summed E-state index contributed by atoms with van der Waals surface area (Å²) in [4.78, 5) is 97.1. The second-order valence-electron chi connectivity index (χ2n) is 12.0. The SMILES string of the molecule is CSCC[C@H](NC(=O)CCO)C(=O)N[C@@H](CCCNC(=N)N)C(=O)N[C@@H](Cc1c[nH]cn1)C(=O)N[C@@H](CCCCN)C(=O)NCC(=O)N[C@@H](CO)C(N)=O. The zero-order chi connectivity index (χ0) is 40.5. The molecule has 1 heterocycles. The number of aliphatic hydroxyl groups excluding tert-OH is 2. The Hall–Kier alpha value is -5.00. The average molecular weight is 786 g/mol. The van der Waals surface area contributed by atoms with Crippen molar-refractivity contribution in [1.29, 1.82) is 5.41 Å². The molecule has 0 spiro atoms. The molecule has 0 aliphatic heterocycles. The lowest BCUT2D eigenvalue weighted by molar-refractivity contribution is -0.135. The van der Waals surface area contributed by atoms with Crippen molar-refractivity contribution in [2.45, 2.75) is 81.6 Å². The molecule has 0 radical (unpaired) electrons. The summed E-state index contributed by atoms with van der Waals surface area (Å²) in [7, 11) is 0. The molecular formula is C31H55N13O9S. The maximum absolute atomic E-state index is 13.8. The molecule has 0 bridgehead atoms. The van der Waals surface area contributed by atoms with Gasteiger partial charge in [-0.05, 0) is 57.1 Å². The van der Waals surface area contributed by atoms with Crippen LogP contribution in [0.15, 0.2) is 12.5 Å². The van der Waals surface area contributed by atoms with Gasteiger partial charge in [0.1, 0.15) is 30.2 Å². The third-order valence-electron chi connectivity index (χ3n) is 7.68. The summed E-state index contributed by atoms with van der Waals surface area (Å²) in [5.41, 5.74) is 16.5. The maximum Gasteiger partial charge on any atom is 0.243 e. The van der Waals surface area contributed by atoms with Gasteiger partial charge in [-0.15, -0.1) is 0 Å². The largest absolute Gasteiger partial charge is 0.396 e. The van der Waals surface area contributed by atoms with Crippen LogP contribution < -0.4 is 54.4 Å². The quantitative estimate of drug-likeness (QED) is 0.0214. The molecule has 17 N–H and O–H groups in total. The van der Waals surface area contributed by atoms with Crippen LogP contribution in [0.5, 0.6) is 0 Å². The number of H-pyrrole nitrogens is 1. The first-order valence-corrected chi connectivity index (χ1v) is 18.7. The number of nitrogens with two attached hydrogens (primary N) is 3. The van der Waals surface area contributed by atoms with Crippen LogP contribution in [0.25, 0.3) is 0 Å². The van der Waals surface area contributed by atoms with E-state index in [4.69, 9.17) is 27.7 Å². The highest BCUT2D eigenvalue weighted by atomic mass is 32.2. The van der Waals surface area contributed by atoms with E-state index in [1.807, 2.05) is 6.26 Å². The number of aliphatic hydroxyl groups is 2. The van der Waals surface area contributed by atoms with Crippen LogP contribution in [0, 0.1) is 5.41 Å². The highest BCUT2D eigenvalue weighted by Crippen LogP contribution is 2.08. The van der Waals surface area contributed by atoms with E-state index in [1.165, 1.54) is 24.3 Å². The number of hydrogen-bond acceptors (Lipinski definition) is 13. The van der Waals surface area contributed by atoms with E-state index in [9.17, 15) is 38.7 Å². The molecule has 0 saturated carbocycles. The fourth-order valence-electron chi connectivity index (χ4n) is 4.81. The van der Waals surface area contributed by atoms with Gasteiger partial charge in [-0.1, -0.05) is 0 Å². The van der Waals surface area contributed by atoms with Crippen LogP contribution in [0.4, 0.5) is 0 Å². The first kappa shape index (κ1) is 47.0. The minimum atomic E-state index is -1.37. The van der Waals surface area contributed by atoms with Crippen LogP contribution in [0.3, 0.4) is 0 Å². The number of rotatable bonds is 28. The number of guanidine groups is 1. The summed E-state index contributed by atoms with van der Waals surface area (Å²) < 4.78 is 0. The molecule has 5 atom stereocenters. The molecule has 7 amide bonds. The Labute approximate surface area is 316 Å². The van der Waals surface area contributed by atoms with Gasteiger partial charge in [-0.3, -0.25) is 39.0 Å². The molecule has 0 aliphatic carbocycles. The van der Waals surface area contributed by atoms with Crippen LogP contribution >= 0.6 is 11.8 Å². The lowest BCUT2D eigenvalue weighted by Crippen LogP contribution is -2.59. The van der Waals surface area contributed by atoms with Crippen LogP contribution in [-0.4, -0.2) is 143 Å². The Morgan fingerprint density at radius 2 is 1.39 bits per heavy atom. The van der Waals surface area contributed by atoms with Gasteiger partial charge in [-0.25, -0.2) is 4.98 Å². The summed E-state index contributed by atoms with van der Waals surface area (Å²) in [5.74, 6) is -5.19. The number of carbonyl (C=O) groups is 7. The van der Waals surface area contributed by atoms with Gasteiger partial charge in [0.15, 0.2) is 5.96 Å². The van der Waals surface area contributed by atoms with E-state index in [-0.39, 0.29) is 51.0 Å². The number of imidazole rings is 1. The van der Waals surface area contributed by atoms with Crippen molar-refractivity contribution in [2.75, 3.05) is 44.9 Å². The Kier molecular flexibility index (Phi) is 23.3. The van der Waals surface area contributed by atoms with Gasteiger partial charge in [0.2, 0.25) is 41.4 Å². The predicted octanol–water partition coefficient (Wildman–Crippen LogP) is -5.50. The van der Waals surface area contributed by atoms with Crippen molar-refractivity contribution in [2.24, 2.45) is 17.2 Å². The van der Waals surface area contributed by atoms with E-state index in [2.05, 4.69) is 47.2 Å². The molecule has 0 aromatic carbocycles. The van der Waals surface area contributed by atoms with Crippen molar-refractivity contribution in [3.63, 3.8) is 0 Å². The average Bonchev–Trinajstić information content (AvgIpc) is 3.64. The van der Waals surface area contributed by atoms with E-state index in [0.29, 0.717) is 30.8 Å². The molecule has 0 aliphatic rings. The van der Waals surface area contributed by atoms with Crippen LogP contribution in [0.1, 0.15) is 50.6 Å².